The Hall–Kier alpha value is -1.38. The van der Waals surface area contributed by atoms with Crippen molar-refractivity contribution in [1.29, 1.82) is 0 Å². The van der Waals surface area contributed by atoms with Crippen LogP contribution in [-0.2, 0) is 0 Å². The van der Waals surface area contributed by atoms with E-state index in [9.17, 15) is 0 Å². The van der Waals surface area contributed by atoms with Gasteiger partial charge in [0.15, 0.2) is 12.2 Å². The molecule has 0 radical (unpaired) electrons. The van der Waals surface area contributed by atoms with E-state index in [0.717, 1.165) is 5.69 Å². The molecule has 1 aromatic rings. The first-order chi connectivity index (χ1) is 4.88. The quantitative estimate of drug-likeness (QED) is 0.576. The molecular weight excluding hydrogens is 128 g/mol. The third-order valence-corrected chi connectivity index (χ3v) is 1.06. The maximum Gasteiger partial charge on any atom is 0.182 e. The van der Waals surface area contributed by atoms with Crippen molar-refractivity contribution in [3.8, 4) is 0 Å². The molecule has 0 atom stereocenters. The maximum absolute atomic E-state index is 4.95. The van der Waals surface area contributed by atoms with Crippen molar-refractivity contribution in [3.63, 3.8) is 0 Å². The zero-order chi connectivity index (χ0) is 7.40. The van der Waals surface area contributed by atoms with Crippen LogP contribution in [0.2, 0.25) is 0 Å². The largest absolute Gasteiger partial charge is 0.443 e. The van der Waals surface area contributed by atoms with Crippen LogP contribution >= 0.6 is 0 Å². The first-order valence-corrected chi connectivity index (χ1v) is 2.86. The van der Waals surface area contributed by atoms with E-state index in [1.807, 2.05) is 0 Å². The van der Waals surface area contributed by atoms with Gasteiger partial charge in [-0.3, -0.25) is 4.99 Å². The number of aromatic nitrogens is 1. The third kappa shape index (κ3) is 1.13. The summed E-state index contributed by atoms with van der Waals surface area (Å²) in [6.07, 6.45) is 4.60. The molecule has 0 bridgehead atoms. The van der Waals surface area contributed by atoms with Gasteiger partial charge >= 0.3 is 0 Å². The molecule has 0 saturated heterocycles. The zero-order valence-corrected chi connectivity index (χ0v) is 5.74. The van der Waals surface area contributed by atoms with Crippen LogP contribution in [0, 0.1) is 0 Å². The second-order valence-electron chi connectivity index (χ2n) is 1.69. The molecule has 0 saturated carbocycles. The highest BCUT2D eigenvalue weighted by atomic mass is 16.3. The number of hydrogen-bond donors (Lipinski definition) is 0. The van der Waals surface area contributed by atoms with Gasteiger partial charge in [-0.15, -0.1) is 0 Å². The summed E-state index contributed by atoms with van der Waals surface area (Å²) in [5, 5.41) is 0. The van der Waals surface area contributed by atoms with Crippen molar-refractivity contribution >= 4 is 12.3 Å². The predicted octanol–water partition coefficient (Wildman–Crippen LogP) is 1.37. The topological polar surface area (TPSA) is 38.4 Å². The van der Waals surface area contributed by atoms with Gasteiger partial charge in [0.2, 0.25) is 0 Å². The molecule has 52 valence electrons. The summed E-state index contributed by atoms with van der Waals surface area (Å²) in [6, 6.07) is 0. The monoisotopic (exact) mass is 136 g/mol. The molecule has 0 aliphatic carbocycles. The highest BCUT2D eigenvalue weighted by molar-refractivity contribution is 5.80. The molecule has 0 amide bonds. The molecular formula is C7H8N2O. The predicted molar refractivity (Wildman–Crippen MR) is 40.1 cm³/mol. The molecule has 1 aromatic heterocycles. The van der Waals surface area contributed by atoms with Gasteiger partial charge in [-0.2, -0.15) is 0 Å². The van der Waals surface area contributed by atoms with Crippen LogP contribution in [0.1, 0.15) is 11.5 Å². The van der Waals surface area contributed by atoms with E-state index in [1.165, 1.54) is 6.39 Å². The minimum absolute atomic E-state index is 0.658. The summed E-state index contributed by atoms with van der Waals surface area (Å²) in [6.45, 7) is 3.55. The van der Waals surface area contributed by atoms with Crippen molar-refractivity contribution in [3.05, 3.63) is 24.4 Å². The fourth-order valence-corrected chi connectivity index (χ4v) is 0.636. The van der Waals surface area contributed by atoms with Crippen LogP contribution in [-0.4, -0.2) is 18.2 Å². The third-order valence-electron chi connectivity index (χ3n) is 1.06. The first kappa shape index (κ1) is 6.74. The lowest BCUT2D eigenvalue weighted by Gasteiger charge is -1.82. The number of oxazole rings is 1. The molecule has 10 heavy (non-hydrogen) atoms. The molecule has 0 spiro atoms. The van der Waals surface area contributed by atoms with Crippen LogP contribution in [0.25, 0.3) is 6.08 Å². The van der Waals surface area contributed by atoms with Gasteiger partial charge in [0.25, 0.3) is 0 Å². The Bertz CT molecular complexity index is 250. The van der Waals surface area contributed by atoms with Crippen molar-refractivity contribution in [2.24, 2.45) is 4.99 Å². The van der Waals surface area contributed by atoms with E-state index < -0.39 is 0 Å². The van der Waals surface area contributed by atoms with Gasteiger partial charge < -0.3 is 4.42 Å². The number of aliphatic imine (C=N–C) groups is 1. The summed E-state index contributed by atoms with van der Waals surface area (Å²) in [5.74, 6) is 0.658. The van der Waals surface area contributed by atoms with Crippen molar-refractivity contribution in [1.82, 2.24) is 4.98 Å². The average molecular weight is 136 g/mol. The Balaban J connectivity index is 3.00. The summed E-state index contributed by atoms with van der Waals surface area (Å²) in [7, 11) is 1.68. The molecule has 0 aromatic carbocycles. The van der Waals surface area contributed by atoms with Gasteiger partial charge in [0, 0.05) is 7.05 Å². The molecule has 3 heteroatoms. The van der Waals surface area contributed by atoms with E-state index in [4.69, 9.17) is 4.42 Å². The van der Waals surface area contributed by atoms with Crippen LogP contribution in [0.15, 0.2) is 22.4 Å². The van der Waals surface area contributed by atoms with Crippen LogP contribution in [0.5, 0.6) is 0 Å². The molecule has 3 nitrogen and oxygen atoms in total. The second kappa shape index (κ2) is 2.96. The van der Waals surface area contributed by atoms with Gasteiger partial charge in [-0.05, 0) is 6.08 Å². The van der Waals surface area contributed by atoms with Gasteiger partial charge in [-0.1, -0.05) is 6.58 Å². The summed E-state index contributed by atoms with van der Waals surface area (Å²) < 4.78 is 4.95. The Labute approximate surface area is 59.1 Å². The molecule has 0 fully saturated rings. The van der Waals surface area contributed by atoms with E-state index in [1.54, 1.807) is 19.3 Å². The van der Waals surface area contributed by atoms with Gasteiger partial charge in [0.05, 0.1) is 6.21 Å². The molecule has 1 rings (SSSR count). The van der Waals surface area contributed by atoms with Crippen molar-refractivity contribution in [2.45, 2.75) is 0 Å². The van der Waals surface area contributed by atoms with Crippen LogP contribution < -0.4 is 0 Å². The lowest BCUT2D eigenvalue weighted by molar-refractivity contribution is 0.548. The summed E-state index contributed by atoms with van der Waals surface area (Å²) >= 11 is 0. The van der Waals surface area contributed by atoms with Crippen LogP contribution in [0.3, 0.4) is 0 Å². The van der Waals surface area contributed by atoms with Gasteiger partial charge in [0.1, 0.15) is 5.69 Å². The Morgan fingerprint density at radius 1 is 1.80 bits per heavy atom. The number of hydrogen-bond acceptors (Lipinski definition) is 3. The standard InChI is InChI=1S/C7H8N2O/c1-3-7-6(4-8-2)9-5-10-7/h3-5H,1H2,2H3. The Kier molecular flexibility index (Phi) is 1.99. The highest BCUT2D eigenvalue weighted by Gasteiger charge is 1.98. The maximum atomic E-state index is 4.95. The minimum atomic E-state index is 0.658. The minimum Gasteiger partial charge on any atom is -0.443 e. The number of rotatable bonds is 2. The van der Waals surface area contributed by atoms with E-state index in [-0.39, 0.29) is 0 Å². The van der Waals surface area contributed by atoms with Crippen LogP contribution in [0.4, 0.5) is 0 Å². The number of nitrogens with zero attached hydrogens (tertiary/aromatic N) is 2. The summed E-state index contributed by atoms with van der Waals surface area (Å²) in [5.41, 5.74) is 0.720. The van der Waals surface area contributed by atoms with Crippen molar-refractivity contribution in [2.75, 3.05) is 7.05 Å². The Morgan fingerprint density at radius 3 is 3.20 bits per heavy atom. The smallest absolute Gasteiger partial charge is 0.182 e. The normalized spacial score (nSPS) is 10.5. The fraction of sp³-hybridized carbons (Fsp3) is 0.143. The molecule has 0 aliphatic rings. The lowest BCUT2D eigenvalue weighted by Crippen LogP contribution is -1.82. The van der Waals surface area contributed by atoms with Crippen molar-refractivity contribution < 1.29 is 4.42 Å². The SMILES string of the molecule is C=Cc1ocnc1C=NC. The summed E-state index contributed by atoms with van der Waals surface area (Å²) in [4.78, 5) is 7.68. The van der Waals surface area contributed by atoms with Gasteiger partial charge in [-0.25, -0.2) is 4.98 Å². The molecule has 0 aliphatic heterocycles. The second-order valence-corrected chi connectivity index (χ2v) is 1.69. The lowest BCUT2D eigenvalue weighted by atomic mass is 10.3. The van der Waals surface area contributed by atoms with E-state index >= 15 is 0 Å². The Morgan fingerprint density at radius 2 is 2.60 bits per heavy atom. The molecule has 1 heterocycles. The average Bonchev–Trinajstić information content (AvgIpc) is 2.36. The van der Waals surface area contributed by atoms with E-state index in [0.29, 0.717) is 5.76 Å². The zero-order valence-electron chi connectivity index (χ0n) is 5.74. The van der Waals surface area contributed by atoms with E-state index in [2.05, 4.69) is 16.6 Å². The first-order valence-electron chi connectivity index (χ1n) is 2.86. The fourth-order valence-electron chi connectivity index (χ4n) is 0.636. The molecule has 0 unspecified atom stereocenters. The molecule has 0 N–H and O–H groups in total. The highest BCUT2D eigenvalue weighted by Crippen LogP contribution is 2.04.